The van der Waals surface area contributed by atoms with Crippen molar-refractivity contribution in [3.05, 3.63) is 23.9 Å². The number of hydrogen-bond donors (Lipinski definition) is 1. The Bertz CT molecular complexity index is 1430. The number of fused-ring (bicyclic) bond motifs is 6. The Morgan fingerprint density at radius 1 is 1.05 bits per heavy atom. The van der Waals surface area contributed by atoms with E-state index in [0.717, 1.165) is 25.7 Å². The van der Waals surface area contributed by atoms with Crippen molar-refractivity contribution in [2.24, 2.45) is 11.3 Å². The topological polar surface area (TPSA) is 129 Å². The van der Waals surface area contributed by atoms with Crippen molar-refractivity contribution < 1.29 is 33.3 Å². The molecule has 3 heterocycles. The highest BCUT2D eigenvalue weighted by atomic mass is 16.6. The summed E-state index contributed by atoms with van der Waals surface area (Å²) in [7, 11) is 2.86. The van der Waals surface area contributed by atoms with Crippen LogP contribution in [0.3, 0.4) is 0 Å². The van der Waals surface area contributed by atoms with E-state index in [1.807, 2.05) is 32.9 Å². The molecule has 1 unspecified atom stereocenters. The Hall–Kier alpha value is -4.07. The summed E-state index contributed by atoms with van der Waals surface area (Å²) in [6, 6.07) is 3.54. The Balaban J connectivity index is 1.54. The van der Waals surface area contributed by atoms with Gasteiger partial charge in [0.1, 0.15) is 30.0 Å². The van der Waals surface area contributed by atoms with Gasteiger partial charge in [0.05, 0.1) is 31.8 Å². The lowest BCUT2D eigenvalue weighted by atomic mass is 9.85. The van der Waals surface area contributed by atoms with Crippen molar-refractivity contribution in [3.8, 4) is 23.5 Å². The normalized spacial score (nSPS) is 26.5. The van der Waals surface area contributed by atoms with E-state index in [4.69, 9.17) is 28.9 Å². The number of methoxy groups -OCH3 is 2. The summed E-state index contributed by atoms with van der Waals surface area (Å²) in [5.74, 6) is 6.61. The number of amides is 2. The van der Waals surface area contributed by atoms with Crippen LogP contribution >= 0.6 is 0 Å². The van der Waals surface area contributed by atoms with E-state index in [1.54, 1.807) is 13.2 Å². The summed E-state index contributed by atoms with van der Waals surface area (Å²) in [5, 5.41) is 2.80. The van der Waals surface area contributed by atoms with Crippen LogP contribution in [0.2, 0.25) is 0 Å². The van der Waals surface area contributed by atoms with Gasteiger partial charge in [-0.1, -0.05) is 26.7 Å². The predicted octanol–water partition coefficient (Wildman–Crippen LogP) is 3.61. The molecular formula is C31H38N4O7. The lowest BCUT2D eigenvalue weighted by Gasteiger charge is -2.35. The van der Waals surface area contributed by atoms with Crippen LogP contribution in [-0.2, 0) is 19.1 Å². The summed E-state index contributed by atoms with van der Waals surface area (Å²) in [4.78, 5) is 50.7. The zero-order chi connectivity index (χ0) is 30.0. The molecule has 42 heavy (non-hydrogen) atoms. The Kier molecular flexibility index (Phi) is 8.43. The third-order valence-corrected chi connectivity index (χ3v) is 8.16. The fourth-order valence-electron chi connectivity index (χ4n) is 5.89. The van der Waals surface area contributed by atoms with E-state index in [2.05, 4.69) is 17.2 Å². The van der Waals surface area contributed by atoms with Gasteiger partial charge in [0.25, 0.3) is 0 Å². The highest BCUT2D eigenvalue weighted by Crippen LogP contribution is 2.33. The quantitative estimate of drug-likeness (QED) is 0.420. The van der Waals surface area contributed by atoms with Gasteiger partial charge < -0.3 is 29.2 Å². The first-order chi connectivity index (χ1) is 20.0. The van der Waals surface area contributed by atoms with Crippen LogP contribution in [0.5, 0.6) is 11.6 Å². The maximum Gasteiger partial charge on any atom is 0.408 e. The molecule has 1 saturated heterocycles. The Morgan fingerprint density at radius 3 is 2.60 bits per heavy atom. The molecule has 0 radical (unpaired) electrons. The third-order valence-electron chi connectivity index (χ3n) is 8.16. The first-order valence-corrected chi connectivity index (χ1v) is 14.4. The number of carbonyl (C=O) groups is 3. The molecule has 11 nitrogen and oxygen atoms in total. The van der Waals surface area contributed by atoms with Crippen molar-refractivity contribution in [2.45, 2.75) is 83.6 Å². The second kappa shape index (κ2) is 12.0. The van der Waals surface area contributed by atoms with E-state index in [0.29, 0.717) is 34.8 Å². The number of hydrogen-bond acceptors (Lipinski definition) is 9. The van der Waals surface area contributed by atoms with Crippen molar-refractivity contribution in [3.63, 3.8) is 0 Å². The average molecular weight is 579 g/mol. The Morgan fingerprint density at radius 2 is 1.86 bits per heavy atom. The van der Waals surface area contributed by atoms with Gasteiger partial charge >= 0.3 is 12.1 Å². The second-order valence-electron chi connectivity index (χ2n) is 12.2. The zero-order valence-electron chi connectivity index (χ0n) is 24.8. The lowest BCUT2D eigenvalue weighted by molar-refractivity contribution is -0.152. The molecule has 1 aromatic heterocycles. The maximum atomic E-state index is 14.0. The van der Waals surface area contributed by atoms with Gasteiger partial charge in [0.15, 0.2) is 5.69 Å². The summed E-state index contributed by atoms with van der Waals surface area (Å²) in [6.07, 6.45) is 2.67. The SMILES string of the molecule is COC(=O)[C@@H]1C[C@@H]2CN1C(=O)[C@H](C(C)(C)C)NC(=O)O[C@@H]1CCC(CCC#Cc3nc4ccc(OC)cc4nc3O2)C1. The molecule has 2 amide bonds. The molecular weight excluding hydrogens is 540 g/mol. The van der Waals surface area contributed by atoms with Gasteiger partial charge in [0.2, 0.25) is 11.8 Å². The molecule has 2 aliphatic heterocycles. The summed E-state index contributed by atoms with van der Waals surface area (Å²) in [5.41, 5.74) is 0.936. The van der Waals surface area contributed by atoms with Crippen LogP contribution in [0, 0.1) is 23.2 Å². The van der Waals surface area contributed by atoms with Gasteiger partial charge in [-0.05, 0) is 55.1 Å². The molecule has 11 heteroatoms. The summed E-state index contributed by atoms with van der Waals surface area (Å²) >= 11 is 0. The average Bonchev–Trinajstić information content (AvgIpc) is 3.58. The highest BCUT2D eigenvalue weighted by Gasteiger charge is 2.47. The summed E-state index contributed by atoms with van der Waals surface area (Å²) < 4.78 is 22.5. The molecule has 2 aromatic rings. The molecule has 1 saturated carbocycles. The molecule has 1 N–H and O–H groups in total. The van der Waals surface area contributed by atoms with Crippen LogP contribution in [-0.4, -0.2) is 77.9 Å². The number of esters is 1. The van der Waals surface area contributed by atoms with Crippen LogP contribution in [0.25, 0.3) is 11.0 Å². The molecule has 0 spiro atoms. The molecule has 1 aliphatic carbocycles. The van der Waals surface area contributed by atoms with Crippen LogP contribution in [0.15, 0.2) is 18.2 Å². The molecule has 224 valence electrons. The number of aromatic nitrogens is 2. The minimum absolute atomic E-state index is 0.0803. The van der Waals surface area contributed by atoms with Crippen LogP contribution < -0.4 is 14.8 Å². The smallest absolute Gasteiger partial charge is 0.408 e. The number of ether oxygens (including phenoxy) is 4. The van der Waals surface area contributed by atoms with Crippen molar-refractivity contribution >= 4 is 29.0 Å². The number of nitrogens with one attached hydrogen (secondary N) is 1. The maximum absolute atomic E-state index is 14.0. The molecule has 5 atom stereocenters. The van der Waals surface area contributed by atoms with E-state index in [-0.39, 0.29) is 24.9 Å². The van der Waals surface area contributed by atoms with E-state index in [9.17, 15) is 14.4 Å². The van der Waals surface area contributed by atoms with Gasteiger partial charge in [-0.2, -0.15) is 0 Å². The van der Waals surface area contributed by atoms with E-state index >= 15 is 0 Å². The highest BCUT2D eigenvalue weighted by molar-refractivity contribution is 5.91. The van der Waals surface area contributed by atoms with Crippen LogP contribution in [0.4, 0.5) is 4.79 Å². The van der Waals surface area contributed by atoms with Gasteiger partial charge in [-0.3, -0.25) is 4.79 Å². The fraction of sp³-hybridized carbons (Fsp3) is 0.581. The van der Waals surface area contributed by atoms with E-state index < -0.39 is 41.6 Å². The number of rotatable bonds is 2. The number of nitrogens with zero attached hydrogens (tertiary/aromatic N) is 3. The van der Waals surface area contributed by atoms with Crippen molar-refractivity contribution in [1.29, 1.82) is 0 Å². The number of alkyl carbamates (subject to hydrolysis) is 1. The van der Waals surface area contributed by atoms with Crippen LogP contribution in [0.1, 0.15) is 65.0 Å². The van der Waals surface area contributed by atoms with Crippen molar-refractivity contribution in [2.75, 3.05) is 20.8 Å². The van der Waals surface area contributed by atoms with Gasteiger partial charge in [0, 0.05) is 18.9 Å². The van der Waals surface area contributed by atoms with Crippen molar-refractivity contribution in [1.82, 2.24) is 20.2 Å². The fourth-order valence-corrected chi connectivity index (χ4v) is 5.89. The van der Waals surface area contributed by atoms with Gasteiger partial charge in [-0.25, -0.2) is 19.6 Å². The minimum atomic E-state index is -0.943. The molecule has 3 aliphatic rings. The van der Waals surface area contributed by atoms with E-state index in [1.165, 1.54) is 12.0 Å². The largest absolute Gasteiger partial charge is 0.497 e. The number of benzene rings is 1. The molecule has 2 fully saturated rings. The van der Waals surface area contributed by atoms with Gasteiger partial charge in [-0.15, -0.1) is 0 Å². The zero-order valence-corrected chi connectivity index (χ0v) is 24.8. The second-order valence-corrected chi connectivity index (χ2v) is 12.2. The Labute approximate surface area is 245 Å². The first-order valence-electron chi connectivity index (χ1n) is 14.4. The first kappa shape index (κ1) is 29.4. The minimum Gasteiger partial charge on any atom is -0.497 e. The molecule has 5 rings (SSSR count). The lowest BCUT2D eigenvalue weighted by Crippen LogP contribution is -2.57. The third kappa shape index (κ3) is 6.37. The standard InChI is InChI=1S/C31H38N4O7/c1-31(2,3)26-28(36)35-17-21(16-25(35)29(37)40-5)41-27-23(32-22-13-12-19(39-4)15-24(22)33-27)9-7-6-8-18-10-11-20(14-18)42-30(38)34-26/h12-13,15,18,20-21,25-26H,6,8,10-11,14,16-17H2,1-5H3,(H,34,38)/t18?,20-,21-,25+,26-/m1/s1. The number of carbonyl (C=O) groups excluding carboxylic acids is 3. The molecule has 1 aromatic carbocycles. The molecule has 4 bridgehead atoms. The summed E-state index contributed by atoms with van der Waals surface area (Å²) in [6.45, 7) is 5.65. The predicted molar refractivity (Wildman–Crippen MR) is 153 cm³/mol. The monoisotopic (exact) mass is 578 g/mol.